The molecule has 1 aromatic rings. The third kappa shape index (κ3) is 2.42. The number of nitrogen functional groups attached to an aromatic ring is 1. The van der Waals surface area contributed by atoms with Crippen molar-refractivity contribution in [2.75, 3.05) is 11.1 Å². The fourth-order valence-electron chi connectivity index (χ4n) is 0.848. The fourth-order valence-corrected chi connectivity index (χ4v) is 1.31. The van der Waals surface area contributed by atoms with E-state index >= 15 is 0 Å². The number of nitrogens with two attached hydrogens (primary N) is 1. The Hall–Kier alpha value is -1.10. The van der Waals surface area contributed by atoms with Crippen molar-refractivity contribution in [3.8, 4) is 0 Å². The number of hydrogen-bond acceptors (Lipinski definition) is 2. The van der Waals surface area contributed by atoms with Gasteiger partial charge in [0.15, 0.2) is 0 Å². The number of carbonyl (C=O) groups is 1. The number of nitrogens with one attached hydrogen (secondary N) is 1. The molecular formula is C8H8BrFN2O. The minimum atomic E-state index is -0.549. The molecule has 0 bridgehead atoms. The second kappa shape index (κ2) is 3.74. The van der Waals surface area contributed by atoms with Gasteiger partial charge in [-0.3, -0.25) is 4.79 Å². The second-order valence-electron chi connectivity index (χ2n) is 2.53. The van der Waals surface area contributed by atoms with Crippen LogP contribution in [0.4, 0.5) is 15.8 Å². The summed E-state index contributed by atoms with van der Waals surface area (Å²) in [5.41, 5.74) is 5.72. The molecule has 0 aliphatic rings. The lowest BCUT2D eigenvalue weighted by Crippen LogP contribution is -2.07. The fraction of sp³-hybridized carbons (Fsp3) is 0.125. The molecule has 70 valence electrons. The number of rotatable bonds is 1. The quantitative estimate of drug-likeness (QED) is 0.747. The average molecular weight is 247 g/mol. The highest BCUT2D eigenvalue weighted by Crippen LogP contribution is 2.27. The van der Waals surface area contributed by atoms with E-state index in [9.17, 15) is 9.18 Å². The second-order valence-corrected chi connectivity index (χ2v) is 3.39. The topological polar surface area (TPSA) is 55.1 Å². The molecule has 3 nitrogen and oxygen atoms in total. The molecule has 0 heterocycles. The maximum atomic E-state index is 12.9. The molecule has 1 amide bonds. The van der Waals surface area contributed by atoms with Gasteiger partial charge in [-0.2, -0.15) is 0 Å². The van der Waals surface area contributed by atoms with Crippen LogP contribution < -0.4 is 11.1 Å². The van der Waals surface area contributed by atoms with Crippen molar-refractivity contribution in [2.24, 2.45) is 0 Å². The monoisotopic (exact) mass is 246 g/mol. The molecule has 1 aromatic carbocycles. The summed E-state index contributed by atoms with van der Waals surface area (Å²) in [7, 11) is 0. The zero-order chi connectivity index (χ0) is 10.0. The van der Waals surface area contributed by atoms with Gasteiger partial charge < -0.3 is 11.1 Å². The molecule has 5 heteroatoms. The predicted octanol–water partition coefficient (Wildman–Crippen LogP) is 2.13. The van der Waals surface area contributed by atoms with E-state index in [1.54, 1.807) is 0 Å². The van der Waals surface area contributed by atoms with E-state index in [-0.39, 0.29) is 11.6 Å². The summed E-state index contributed by atoms with van der Waals surface area (Å²) in [4.78, 5) is 10.7. The number of amides is 1. The average Bonchev–Trinajstić information content (AvgIpc) is 1.99. The smallest absolute Gasteiger partial charge is 0.221 e. The Morgan fingerprint density at radius 1 is 1.62 bits per heavy atom. The highest BCUT2D eigenvalue weighted by atomic mass is 79.9. The van der Waals surface area contributed by atoms with Gasteiger partial charge in [-0.1, -0.05) is 0 Å². The van der Waals surface area contributed by atoms with Crippen LogP contribution in [-0.2, 0) is 4.79 Å². The SMILES string of the molecule is CC(=O)Nc1cc(F)c(N)cc1Br. The first-order valence-electron chi connectivity index (χ1n) is 3.53. The summed E-state index contributed by atoms with van der Waals surface area (Å²) in [5, 5.41) is 2.46. The minimum Gasteiger partial charge on any atom is -0.396 e. The van der Waals surface area contributed by atoms with Crippen LogP contribution in [0.1, 0.15) is 6.92 Å². The molecule has 0 atom stereocenters. The molecule has 13 heavy (non-hydrogen) atoms. The number of anilines is 2. The first-order valence-corrected chi connectivity index (χ1v) is 4.32. The molecular weight excluding hydrogens is 239 g/mol. The molecule has 3 N–H and O–H groups in total. The normalized spacial score (nSPS) is 9.77. The van der Waals surface area contributed by atoms with E-state index in [4.69, 9.17) is 5.73 Å². The van der Waals surface area contributed by atoms with Crippen LogP contribution in [0.2, 0.25) is 0 Å². The summed E-state index contributed by atoms with van der Waals surface area (Å²) in [5.74, 6) is -0.808. The van der Waals surface area contributed by atoms with Gasteiger partial charge in [-0.15, -0.1) is 0 Å². The van der Waals surface area contributed by atoms with Crippen molar-refractivity contribution in [3.63, 3.8) is 0 Å². The van der Waals surface area contributed by atoms with Crippen molar-refractivity contribution >= 4 is 33.2 Å². The van der Waals surface area contributed by atoms with Crippen LogP contribution in [0.3, 0.4) is 0 Å². The van der Waals surface area contributed by atoms with E-state index in [0.717, 1.165) is 0 Å². The lowest BCUT2D eigenvalue weighted by atomic mass is 10.2. The van der Waals surface area contributed by atoms with Crippen molar-refractivity contribution in [3.05, 3.63) is 22.4 Å². The lowest BCUT2D eigenvalue weighted by molar-refractivity contribution is -0.114. The highest BCUT2D eigenvalue weighted by Gasteiger charge is 2.06. The standard InChI is InChI=1S/C8H8BrFN2O/c1-4(13)12-8-3-6(10)7(11)2-5(8)9/h2-3H,11H2,1H3,(H,12,13). The first kappa shape index (κ1) is 9.98. The highest BCUT2D eigenvalue weighted by molar-refractivity contribution is 9.10. The molecule has 0 fully saturated rings. The van der Waals surface area contributed by atoms with E-state index in [1.165, 1.54) is 19.1 Å². The number of halogens is 2. The molecule has 0 unspecified atom stereocenters. The van der Waals surface area contributed by atoms with Gasteiger partial charge in [0.25, 0.3) is 0 Å². The van der Waals surface area contributed by atoms with E-state index in [1.807, 2.05) is 0 Å². The van der Waals surface area contributed by atoms with Gasteiger partial charge in [-0.25, -0.2) is 4.39 Å². The molecule has 0 aromatic heterocycles. The summed E-state index contributed by atoms with van der Waals surface area (Å²) in [6, 6.07) is 2.57. The lowest BCUT2D eigenvalue weighted by Gasteiger charge is -2.06. The van der Waals surface area contributed by atoms with E-state index in [2.05, 4.69) is 21.2 Å². The largest absolute Gasteiger partial charge is 0.396 e. The van der Waals surface area contributed by atoms with E-state index < -0.39 is 5.82 Å². The predicted molar refractivity (Wildman–Crippen MR) is 52.8 cm³/mol. The molecule has 0 radical (unpaired) electrons. The number of benzene rings is 1. The molecule has 0 saturated heterocycles. The van der Waals surface area contributed by atoms with Crippen LogP contribution in [0.5, 0.6) is 0 Å². The van der Waals surface area contributed by atoms with Gasteiger partial charge in [0.05, 0.1) is 11.4 Å². The summed E-state index contributed by atoms with van der Waals surface area (Å²) in [6.45, 7) is 1.35. The van der Waals surface area contributed by atoms with Crippen molar-refractivity contribution in [1.29, 1.82) is 0 Å². The van der Waals surface area contributed by atoms with Crippen LogP contribution in [-0.4, -0.2) is 5.91 Å². The Bertz CT molecular complexity index is 354. The van der Waals surface area contributed by atoms with Crippen molar-refractivity contribution in [2.45, 2.75) is 6.92 Å². The van der Waals surface area contributed by atoms with Gasteiger partial charge in [0.1, 0.15) is 5.82 Å². The summed E-state index contributed by atoms with van der Waals surface area (Å²) < 4.78 is 13.5. The minimum absolute atomic E-state index is 0.0426. The van der Waals surface area contributed by atoms with Gasteiger partial charge in [-0.05, 0) is 22.0 Å². The molecule has 0 saturated carbocycles. The van der Waals surface area contributed by atoms with Crippen LogP contribution in [0.25, 0.3) is 0 Å². The zero-order valence-electron chi connectivity index (χ0n) is 6.90. The molecule has 0 spiro atoms. The number of carbonyl (C=O) groups excluding carboxylic acids is 1. The Labute approximate surface area is 83.2 Å². The maximum Gasteiger partial charge on any atom is 0.221 e. The van der Waals surface area contributed by atoms with Crippen molar-refractivity contribution in [1.82, 2.24) is 0 Å². The Kier molecular flexibility index (Phi) is 2.87. The molecule has 0 aliphatic heterocycles. The third-order valence-electron chi connectivity index (χ3n) is 1.40. The summed E-state index contributed by atoms with van der Waals surface area (Å²) >= 11 is 3.15. The Morgan fingerprint density at radius 3 is 2.77 bits per heavy atom. The van der Waals surface area contributed by atoms with Crippen LogP contribution in [0.15, 0.2) is 16.6 Å². The van der Waals surface area contributed by atoms with Crippen LogP contribution >= 0.6 is 15.9 Å². The maximum absolute atomic E-state index is 12.9. The molecule has 0 aliphatic carbocycles. The molecule has 1 rings (SSSR count). The van der Waals surface area contributed by atoms with Crippen molar-refractivity contribution < 1.29 is 9.18 Å². The third-order valence-corrected chi connectivity index (χ3v) is 2.05. The van der Waals surface area contributed by atoms with Crippen LogP contribution in [0, 0.1) is 5.82 Å². The Balaban J connectivity index is 3.08. The van der Waals surface area contributed by atoms with E-state index in [0.29, 0.717) is 10.2 Å². The summed E-state index contributed by atoms with van der Waals surface area (Å²) in [6.07, 6.45) is 0. The number of hydrogen-bond donors (Lipinski definition) is 2. The van der Waals surface area contributed by atoms with Gasteiger partial charge >= 0.3 is 0 Å². The van der Waals surface area contributed by atoms with Gasteiger partial charge in [0, 0.05) is 17.5 Å². The van der Waals surface area contributed by atoms with Gasteiger partial charge in [0.2, 0.25) is 5.91 Å². The Morgan fingerprint density at radius 2 is 2.23 bits per heavy atom. The first-order chi connectivity index (χ1) is 6.00. The zero-order valence-corrected chi connectivity index (χ0v) is 8.48.